The predicted octanol–water partition coefficient (Wildman–Crippen LogP) is 3.36. The van der Waals surface area contributed by atoms with Gasteiger partial charge >= 0.3 is 0 Å². The van der Waals surface area contributed by atoms with Crippen LogP contribution in [0.5, 0.6) is 0 Å². The van der Waals surface area contributed by atoms with Crippen LogP contribution in [0.25, 0.3) is 0 Å². The summed E-state index contributed by atoms with van der Waals surface area (Å²) >= 11 is 5.88. The normalized spacial score (nSPS) is 15.2. The molecule has 2 amide bonds. The number of aryl methyl sites for hydroxylation is 1. The van der Waals surface area contributed by atoms with Crippen LogP contribution in [0.1, 0.15) is 51.3 Å². The minimum atomic E-state index is -0.159. The Kier molecular flexibility index (Phi) is 5.32. The smallest absolute Gasteiger partial charge is 0.275 e. The maximum absolute atomic E-state index is 12.6. The fourth-order valence-corrected chi connectivity index (χ4v) is 3.23. The third kappa shape index (κ3) is 3.75. The van der Waals surface area contributed by atoms with Crippen molar-refractivity contribution in [1.29, 1.82) is 0 Å². The number of hydrogen-bond donors (Lipinski definition) is 0. The van der Waals surface area contributed by atoms with Crippen LogP contribution in [0.4, 0.5) is 0 Å². The fraction of sp³-hybridized carbons (Fsp3) is 0.421. The SMILES string of the molecule is Cc1oc(C2CCN(C(=O)c3ccc(Cl)cc3)CC2)nc1C(=O)N(C)C. The molecule has 0 radical (unpaired) electrons. The van der Waals surface area contributed by atoms with E-state index < -0.39 is 0 Å². The minimum absolute atomic E-state index is 0.00664. The predicted molar refractivity (Wildman–Crippen MR) is 98.6 cm³/mol. The van der Waals surface area contributed by atoms with Crippen LogP contribution < -0.4 is 0 Å². The Hall–Kier alpha value is -2.34. The van der Waals surface area contributed by atoms with Crippen LogP contribution >= 0.6 is 11.6 Å². The molecule has 26 heavy (non-hydrogen) atoms. The number of amides is 2. The molecule has 2 aromatic rings. The minimum Gasteiger partial charge on any atom is -0.445 e. The molecule has 1 aliphatic rings. The van der Waals surface area contributed by atoms with Crippen LogP contribution in [0.2, 0.25) is 5.02 Å². The number of nitrogens with zero attached hydrogens (tertiary/aromatic N) is 3. The van der Waals surface area contributed by atoms with Gasteiger partial charge in [-0.3, -0.25) is 9.59 Å². The molecule has 3 rings (SSSR count). The van der Waals surface area contributed by atoms with Crippen LogP contribution in [-0.2, 0) is 0 Å². The second-order valence-corrected chi connectivity index (χ2v) is 7.17. The number of benzene rings is 1. The molecule has 1 fully saturated rings. The van der Waals surface area contributed by atoms with E-state index in [2.05, 4.69) is 4.98 Å². The highest BCUT2D eigenvalue weighted by Crippen LogP contribution is 2.29. The monoisotopic (exact) mass is 375 g/mol. The van der Waals surface area contributed by atoms with Gasteiger partial charge < -0.3 is 14.2 Å². The number of halogens is 1. The summed E-state index contributed by atoms with van der Waals surface area (Å²) in [6.45, 7) is 3.02. The van der Waals surface area contributed by atoms with Gasteiger partial charge in [0.05, 0.1) is 0 Å². The van der Waals surface area contributed by atoms with Gasteiger partial charge in [-0.2, -0.15) is 0 Å². The Morgan fingerprint density at radius 3 is 2.38 bits per heavy atom. The zero-order valence-electron chi connectivity index (χ0n) is 15.2. The lowest BCUT2D eigenvalue weighted by Gasteiger charge is -2.30. The van der Waals surface area contributed by atoms with E-state index in [1.54, 1.807) is 45.3 Å². The Bertz CT molecular complexity index is 806. The topological polar surface area (TPSA) is 66.7 Å². The molecule has 0 saturated carbocycles. The van der Waals surface area contributed by atoms with Crippen molar-refractivity contribution in [2.24, 2.45) is 0 Å². The molecular formula is C19H22ClN3O3. The lowest BCUT2D eigenvalue weighted by Crippen LogP contribution is -2.38. The lowest BCUT2D eigenvalue weighted by atomic mass is 9.96. The molecule has 0 spiro atoms. The second-order valence-electron chi connectivity index (χ2n) is 6.73. The summed E-state index contributed by atoms with van der Waals surface area (Å²) in [6.07, 6.45) is 1.52. The number of carbonyl (C=O) groups excluding carboxylic acids is 2. The first kappa shape index (κ1) is 18.5. The third-order valence-electron chi connectivity index (χ3n) is 4.64. The van der Waals surface area contributed by atoms with E-state index in [0.717, 1.165) is 12.8 Å². The maximum atomic E-state index is 12.6. The second kappa shape index (κ2) is 7.50. The van der Waals surface area contributed by atoms with Crippen LogP contribution in [-0.4, -0.2) is 53.8 Å². The highest BCUT2D eigenvalue weighted by atomic mass is 35.5. The number of likely N-dealkylation sites (tertiary alicyclic amines) is 1. The standard InChI is InChI=1S/C19H22ClN3O3/c1-12-16(19(25)22(2)3)21-17(26-12)13-8-10-23(11-9-13)18(24)14-4-6-15(20)7-5-14/h4-7,13H,8-11H2,1-3H3. The van der Waals surface area contributed by atoms with Crippen molar-refractivity contribution in [3.63, 3.8) is 0 Å². The van der Waals surface area contributed by atoms with Gasteiger partial charge in [0.15, 0.2) is 11.6 Å². The number of rotatable bonds is 3. The summed E-state index contributed by atoms with van der Waals surface area (Å²) in [5.41, 5.74) is 1.00. The van der Waals surface area contributed by atoms with Crippen LogP contribution in [0.3, 0.4) is 0 Å². The Balaban J connectivity index is 1.65. The molecule has 0 bridgehead atoms. The van der Waals surface area contributed by atoms with Crippen molar-refractivity contribution < 1.29 is 14.0 Å². The largest absolute Gasteiger partial charge is 0.445 e. The Morgan fingerprint density at radius 2 is 1.81 bits per heavy atom. The van der Waals surface area contributed by atoms with Crippen molar-refractivity contribution in [2.75, 3.05) is 27.2 Å². The van der Waals surface area contributed by atoms with Gasteiger partial charge in [-0.1, -0.05) is 11.6 Å². The van der Waals surface area contributed by atoms with Gasteiger partial charge in [0.2, 0.25) is 0 Å². The van der Waals surface area contributed by atoms with Crippen molar-refractivity contribution in [3.05, 3.63) is 52.2 Å². The van der Waals surface area contributed by atoms with Gasteiger partial charge in [0, 0.05) is 43.7 Å². The van der Waals surface area contributed by atoms with E-state index in [0.29, 0.717) is 41.0 Å². The Morgan fingerprint density at radius 1 is 1.19 bits per heavy atom. The van der Waals surface area contributed by atoms with E-state index in [-0.39, 0.29) is 17.7 Å². The molecule has 1 saturated heterocycles. The molecule has 1 aromatic carbocycles. The van der Waals surface area contributed by atoms with E-state index in [4.69, 9.17) is 16.0 Å². The molecule has 0 atom stereocenters. The summed E-state index contributed by atoms with van der Waals surface area (Å²) in [5, 5.41) is 0.614. The van der Waals surface area contributed by atoms with E-state index in [9.17, 15) is 9.59 Å². The molecule has 0 N–H and O–H groups in total. The quantitative estimate of drug-likeness (QED) is 0.825. The maximum Gasteiger partial charge on any atom is 0.275 e. The van der Waals surface area contributed by atoms with Gasteiger partial charge in [-0.25, -0.2) is 4.98 Å². The van der Waals surface area contributed by atoms with Gasteiger partial charge in [0.25, 0.3) is 11.8 Å². The van der Waals surface area contributed by atoms with Crippen molar-refractivity contribution in [3.8, 4) is 0 Å². The van der Waals surface area contributed by atoms with E-state index in [1.807, 2.05) is 4.90 Å². The molecule has 6 nitrogen and oxygen atoms in total. The van der Waals surface area contributed by atoms with Crippen molar-refractivity contribution in [1.82, 2.24) is 14.8 Å². The summed E-state index contributed by atoms with van der Waals surface area (Å²) in [6, 6.07) is 6.93. The van der Waals surface area contributed by atoms with Crippen molar-refractivity contribution in [2.45, 2.75) is 25.7 Å². The highest BCUT2D eigenvalue weighted by molar-refractivity contribution is 6.30. The zero-order chi connectivity index (χ0) is 18.8. The Labute approximate surface area is 157 Å². The summed E-state index contributed by atoms with van der Waals surface area (Å²) < 4.78 is 5.74. The molecule has 7 heteroatoms. The molecule has 1 aromatic heterocycles. The number of piperidine rings is 1. The number of oxazole rings is 1. The number of hydrogen-bond acceptors (Lipinski definition) is 4. The molecule has 0 unspecified atom stereocenters. The summed E-state index contributed by atoms with van der Waals surface area (Å²) in [4.78, 5) is 32.4. The number of aromatic nitrogens is 1. The van der Waals surface area contributed by atoms with E-state index >= 15 is 0 Å². The van der Waals surface area contributed by atoms with Crippen LogP contribution in [0, 0.1) is 6.92 Å². The first-order valence-corrected chi connectivity index (χ1v) is 8.98. The van der Waals surface area contributed by atoms with E-state index in [1.165, 1.54) is 4.90 Å². The number of carbonyl (C=O) groups is 2. The first-order chi connectivity index (χ1) is 12.4. The van der Waals surface area contributed by atoms with Gasteiger partial charge in [-0.15, -0.1) is 0 Å². The molecular weight excluding hydrogens is 354 g/mol. The average Bonchev–Trinajstić information content (AvgIpc) is 3.03. The fourth-order valence-electron chi connectivity index (χ4n) is 3.11. The van der Waals surface area contributed by atoms with Gasteiger partial charge in [0.1, 0.15) is 5.76 Å². The molecule has 138 valence electrons. The average molecular weight is 376 g/mol. The summed E-state index contributed by atoms with van der Waals surface area (Å²) in [5.74, 6) is 1.09. The molecule has 2 heterocycles. The highest BCUT2D eigenvalue weighted by Gasteiger charge is 2.29. The lowest BCUT2D eigenvalue weighted by molar-refractivity contribution is 0.0706. The molecule has 0 aliphatic carbocycles. The van der Waals surface area contributed by atoms with Gasteiger partial charge in [-0.05, 0) is 44.0 Å². The van der Waals surface area contributed by atoms with Crippen molar-refractivity contribution >= 4 is 23.4 Å². The van der Waals surface area contributed by atoms with Crippen LogP contribution in [0.15, 0.2) is 28.7 Å². The summed E-state index contributed by atoms with van der Waals surface area (Å²) in [7, 11) is 3.38. The first-order valence-electron chi connectivity index (χ1n) is 8.60. The zero-order valence-corrected chi connectivity index (χ0v) is 15.9. The molecule has 1 aliphatic heterocycles. The third-order valence-corrected chi connectivity index (χ3v) is 4.90.